The largest absolute Gasteiger partial charge is 0.456 e. The normalized spacial score (nSPS) is 11.5. The summed E-state index contributed by atoms with van der Waals surface area (Å²) in [5.74, 6) is -0.317. The summed E-state index contributed by atoms with van der Waals surface area (Å²) in [4.78, 5) is 12.1. The second-order valence-electron chi connectivity index (χ2n) is 6.44. The molecule has 0 amide bonds. The molecule has 5 heteroatoms. The quantitative estimate of drug-likeness (QED) is 0.884. The van der Waals surface area contributed by atoms with Gasteiger partial charge in [-0.2, -0.15) is 5.10 Å². The fourth-order valence-electron chi connectivity index (χ4n) is 2.17. The summed E-state index contributed by atoms with van der Waals surface area (Å²) in [6.07, 6.45) is 0. The first-order valence-corrected chi connectivity index (χ1v) is 7.29. The number of esters is 1. The predicted octanol–water partition coefficient (Wildman–Crippen LogP) is 3.09. The number of carbonyl (C=O) groups excluding carboxylic acids is 1. The van der Waals surface area contributed by atoms with Crippen molar-refractivity contribution in [2.75, 3.05) is 5.73 Å². The summed E-state index contributed by atoms with van der Waals surface area (Å²) in [5, 5.41) is 4.41. The Morgan fingerprint density at radius 1 is 1.32 bits per heavy atom. The number of hydrogen-bond donors (Lipinski definition) is 1. The Morgan fingerprint density at radius 2 is 2.00 bits per heavy atom. The van der Waals surface area contributed by atoms with Gasteiger partial charge in [0, 0.05) is 0 Å². The number of carbonyl (C=O) groups is 1. The number of nitrogens with zero attached hydrogens (tertiary/aromatic N) is 2. The molecule has 2 aromatic rings. The van der Waals surface area contributed by atoms with Gasteiger partial charge in [0.2, 0.25) is 0 Å². The molecular formula is C17H23N3O2. The van der Waals surface area contributed by atoms with Gasteiger partial charge in [-0.3, -0.25) is 4.68 Å². The molecule has 0 radical (unpaired) electrons. The Balaban J connectivity index is 2.21. The number of nitrogen functional groups attached to an aromatic ring is 1. The number of benzene rings is 1. The fraction of sp³-hybridized carbons (Fsp3) is 0.412. The molecule has 5 nitrogen and oxygen atoms in total. The number of aromatic nitrogens is 2. The first-order chi connectivity index (χ1) is 10.2. The lowest BCUT2D eigenvalue weighted by atomic mass is 10.1. The van der Waals surface area contributed by atoms with E-state index in [-0.39, 0.29) is 5.97 Å². The molecule has 1 heterocycles. The number of ether oxygens (including phenoxy) is 1. The highest BCUT2D eigenvalue weighted by Crippen LogP contribution is 2.18. The first kappa shape index (κ1) is 16.1. The van der Waals surface area contributed by atoms with Crippen LogP contribution in [0.3, 0.4) is 0 Å². The van der Waals surface area contributed by atoms with Gasteiger partial charge in [-0.05, 0) is 52.3 Å². The fourth-order valence-corrected chi connectivity index (χ4v) is 2.17. The van der Waals surface area contributed by atoms with E-state index in [9.17, 15) is 4.79 Å². The molecule has 1 aromatic carbocycles. The lowest BCUT2D eigenvalue weighted by molar-refractivity contribution is 0.00694. The van der Waals surface area contributed by atoms with Crippen molar-refractivity contribution >= 4 is 11.7 Å². The minimum Gasteiger partial charge on any atom is -0.456 e. The van der Waals surface area contributed by atoms with Gasteiger partial charge in [-0.15, -0.1) is 0 Å². The molecular weight excluding hydrogens is 278 g/mol. The summed E-state index contributed by atoms with van der Waals surface area (Å²) in [5.41, 5.74) is 9.43. The highest BCUT2D eigenvalue weighted by molar-refractivity contribution is 5.89. The first-order valence-electron chi connectivity index (χ1n) is 7.29. The average Bonchev–Trinajstić information content (AvgIpc) is 2.65. The van der Waals surface area contributed by atoms with Crippen LogP contribution in [0.25, 0.3) is 0 Å². The minimum atomic E-state index is -0.503. The second-order valence-corrected chi connectivity index (χ2v) is 6.44. The lowest BCUT2D eigenvalue weighted by Crippen LogP contribution is -2.24. The summed E-state index contributed by atoms with van der Waals surface area (Å²) in [7, 11) is 0. The van der Waals surface area contributed by atoms with E-state index in [1.54, 1.807) is 6.07 Å². The van der Waals surface area contributed by atoms with Crippen molar-refractivity contribution in [2.45, 2.75) is 46.8 Å². The van der Waals surface area contributed by atoms with Crippen molar-refractivity contribution in [3.05, 3.63) is 46.8 Å². The number of hydrogen-bond acceptors (Lipinski definition) is 4. The van der Waals surface area contributed by atoms with Gasteiger partial charge in [0.1, 0.15) is 5.60 Å². The van der Waals surface area contributed by atoms with E-state index in [0.29, 0.717) is 17.8 Å². The maximum Gasteiger partial charge on any atom is 0.338 e. The molecule has 0 saturated heterocycles. The van der Waals surface area contributed by atoms with Crippen LogP contribution in [0.1, 0.15) is 48.1 Å². The third-order valence-corrected chi connectivity index (χ3v) is 3.33. The highest BCUT2D eigenvalue weighted by atomic mass is 16.6. The van der Waals surface area contributed by atoms with E-state index in [0.717, 1.165) is 17.0 Å². The Bertz CT molecular complexity index is 696. The van der Waals surface area contributed by atoms with Crippen LogP contribution in [0.2, 0.25) is 0 Å². The van der Waals surface area contributed by atoms with E-state index in [4.69, 9.17) is 10.5 Å². The van der Waals surface area contributed by atoms with Gasteiger partial charge in [-0.25, -0.2) is 4.79 Å². The summed E-state index contributed by atoms with van der Waals surface area (Å²) >= 11 is 0. The summed E-state index contributed by atoms with van der Waals surface area (Å²) in [6.45, 7) is 9.96. The van der Waals surface area contributed by atoms with Crippen LogP contribution in [0.4, 0.5) is 5.69 Å². The van der Waals surface area contributed by atoms with Crippen LogP contribution in [-0.2, 0) is 11.3 Å². The zero-order valence-corrected chi connectivity index (χ0v) is 13.8. The molecule has 0 atom stereocenters. The minimum absolute atomic E-state index is 0.317. The number of anilines is 1. The van der Waals surface area contributed by atoms with Crippen molar-refractivity contribution in [3.63, 3.8) is 0 Å². The van der Waals surface area contributed by atoms with Crippen LogP contribution >= 0.6 is 0 Å². The Morgan fingerprint density at radius 3 is 2.55 bits per heavy atom. The van der Waals surface area contributed by atoms with Crippen LogP contribution in [0, 0.1) is 13.8 Å². The molecule has 0 aliphatic heterocycles. The zero-order chi connectivity index (χ0) is 16.5. The predicted molar refractivity (Wildman–Crippen MR) is 86.8 cm³/mol. The van der Waals surface area contributed by atoms with Gasteiger partial charge in [0.25, 0.3) is 0 Å². The second kappa shape index (κ2) is 5.83. The van der Waals surface area contributed by atoms with Crippen LogP contribution in [0.15, 0.2) is 24.3 Å². The molecule has 0 saturated carbocycles. The third-order valence-electron chi connectivity index (χ3n) is 3.33. The van der Waals surface area contributed by atoms with E-state index >= 15 is 0 Å². The van der Waals surface area contributed by atoms with Gasteiger partial charge in [0.15, 0.2) is 0 Å². The van der Waals surface area contributed by atoms with Crippen LogP contribution in [-0.4, -0.2) is 21.4 Å². The lowest BCUT2D eigenvalue weighted by Gasteiger charge is -2.19. The van der Waals surface area contributed by atoms with Crippen molar-refractivity contribution in [1.82, 2.24) is 9.78 Å². The van der Waals surface area contributed by atoms with Crippen molar-refractivity contribution in [1.29, 1.82) is 0 Å². The summed E-state index contributed by atoms with van der Waals surface area (Å²) in [6, 6.07) is 7.40. The van der Waals surface area contributed by atoms with Gasteiger partial charge in [-0.1, -0.05) is 12.1 Å². The molecule has 0 aliphatic rings. The SMILES string of the molecule is Cc1nn(Cc2cccc(C(=O)OC(C)(C)C)c2)c(C)c1N. The monoisotopic (exact) mass is 301 g/mol. The van der Waals surface area contributed by atoms with E-state index in [2.05, 4.69) is 5.10 Å². The highest BCUT2D eigenvalue weighted by Gasteiger charge is 2.18. The number of rotatable bonds is 3. The van der Waals surface area contributed by atoms with E-state index < -0.39 is 5.60 Å². The summed E-state index contributed by atoms with van der Waals surface area (Å²) < 4.78 is 7.24. The molecule has 0 bridgehead atoms. The molecule has 118 valence electrons. The van der Waals surface area contributed by atoms with Crippen LogP contribution in [0.5, 0.6) is 0 Å². The topological polar surface area (TPSA) is 70.1 Å². The van der Waals surface area contributed by atoms with Gasteiger partial charge >= 0.3 is 5.97 Å². The molecule has 22 heavy (non-hydrogen) atoms. The maximum atomic E-state index is 12.1. The Labute approximate surface area is 131 Å². The molecule has 2 N–H and O–H groups in total. The zero-order valence-electron chi connectivity index (χ0n) is 13.8. The van der Waals surface area contributed by atoms with Crippen molar-refractivity contribution in [3.8, 4) is 0 Å². The van der Waals surface area contributed by atoms with Gasteiger partial charge < -0.3 is 10.5 Å². The third kappa shape index (κ3) is 3.67. The maximum absolute atomic E-state index is 12.1. The molecule has 0 spiro atoms. The molecule has 0 unspecified atom stereocenters. The molecule has 1 aromatic heterocycles. The Kier molecular flexibility index (Phi) is 4.26. The van der Waals surface area contributed by atoms with Crippen molar-refractivity contribution in [2.24, 2.45) is 0 Å². The molecule has 0 fully saturated rings. The van der Waals surface area contributed by atoms with E-state index in [1.807, 2.05) is 57.5 Å². The molecule has 2 rings (SSSR count). The number of aryl methyl sites for hydroxylation is 1. The molecule has 0 aliphatic carbocycles. The van der Waals surface area contributed by atoms with Crippen molar-refractivity contribution < 1.29 is 9.53 Å². The average molecular weight is 301 g/mol. The Hall–Kier alpha value is -2.30. The smallest absolute Gasteiger partial charge is 0.338 e. The number of nitrogens with two attached hydrogens (primary N) is 1. The van der Waals surface area contributed by atoms with Crippen LogP contribution < -0.4 is 5.73 Å². The van der Waals surface area contributed by atoms with Gasteiger partial charge in [0.05, 0.1) is 29.2 Å². The standard InChI is InChI=1S/C17H23N3O2/c1-11-15(18)12(2)20(19-11)10-13-7-6-8-14(9-13)16(21)22-17(3,4)5/h6-9H,10,18H2,1-5H3. The van der Waals surface area contributed by atoms with E-state index in [1.165, 1.54) is 0 Å².